The minimum atomic E-state index is -0.0960. The molecule has 3 aromatic rings. The molecule has 0 aliphatic carbocycles. The topological polar surface area (TPSA) is 73.7 Å². The second kappa shape index (κ2) is 10.5. The van der Waals surface area contributed by atoms with Gasteiger partial charge in [0, 0.05) is 32.1 Å². The van der Waals surface area contributed by atoms with Gasteiger partial charge in [-0.25, -0.2) is 4.98 Å². The van der Waals surface area contributed by atoms with Gasteiger partial charge in [-0.15, -0.1) is 0 Å². The third-order valence-corrected chi connectivity index (χ3v) is 6.52. The van der Waals surface area contributed by atoms with Crippen molar-refractivity contribution in [3.63, 3.8) is 0 Å². The summed E-state index contributed by atoms with van der Waals surface area (Å²) >= 11 is 0. The molecule has 0 unspecified atom stereocenters. The van der Waals surface area contributed by atoms with Crippen molar-refractivity contribution >= 4 is 16.8 Å². The zero-order chi connectivity index (χ0) is 23.2. The predicted molar refractivity (Wildman–Crippen MR) is 128 cm³/mol. The van der Waals surface area contributed by atoms with E-state index >= 15 is 0 Å². The standard InChI is InChI=1S/C26H31N3O4/c1-32-21-15-20(16-22(17-21)33-2)8-7-19-9-12-28(13-10-19)25(30)11-14-29-18-27-24-6-4-3-5-23(24)26(29)31/h3-6,15-19H,7-14H2,1-2H3. The Labute approximate surface area is 194 Å². The van der Waals surface area contributed by atoms with Gasteiger partial charge in [0.05, 0.1) is 31.4 Å². The highest BCUT2D eigenvalue weighted by Gasteiger charge is 2.22. The van der Waals surface area contributed by atoms with E-state index in [9.17, 15) is 9.59 Å². The monoisotopic (exact) mass is 449 g/mol. The Kier molecular flexibility index (Phi) is 7.27. The van der Waals surface area contributed by atoms with Gasteiger partial charge >= 0.3 is 0 Å². The minimum absolute atomic E-state index is 0.0960. The summed E-state index contributed by atoms with van der Waals surface area (Å²) in [6, 6.07) is 13.3. The second-order valence-electron chi connectivity index (χ2n) is 8.59. The predicted octanol–water partition coefficient (Wildman–Crippen LogP) is 3.68. The Bertz CT molecular complexity index is 1140. The van der Waals surface area contributed by atoms with E-state index in [1.54, 1.807) is 20.3 Å². The molecule has 1 amide bonds. The summed E-state index contributed by atoms with van der Waals surface area (Å²) in [5.41, 5.74) is 1.79. The van der Waals surface area contributed by atoms with Crippen LogP contribution in [0.2, 0.25) is 0 Å². The smallest absolute Gasteiger partial charge is 0.261 e. The minimum Gasteiger partial charge on any atom is -0.497 e. The van der Waals surface area contributed by atoms with Crippen molar-refractivity contribution in [2.45, 2.75) is 38.6 Å². The highest BCUT2D eigenvalue weighted by atomic mass is 16.5. The summed E-state index contributed by atoms with van der Waals surface area (Å²) in [7, 11) is 3.33. The number of methoxy groups -OCH3 is 2. The van der Waals surface area contributed by atoms with Crippen LogP contribution in [-0.2, 0) is 17.8 Å². The first-order chi connectivity index (χ1) is 16.1. The third-order valence-electron chi connectivity index (χ3n) is 6.52. The molecule has 1 aromatic heterocycles. The molecule has 1 aliphatic rings. The van der Waals surface area contributed by atoms with Gasteiger partial charge in [-0.1, -0.05) is 12.1 Å². The molecular formula is C26H31N3O4. The number of amides is 1. The fourth-order valence-electron chi connectivity index (χ4n) is 4.49. The Morgan fingerprint density at radius 2 is 1.76 bits per heavy atom. The van der Waals surface area contributed by atoms with Crippen LogP contribution < -0.4 is 15.0 Å². The molecule has 33 heavy (non-hydrogen) atoms. The van der Waals surface area contributed by atoms with Gasteiger partial charge in [-0.2, -0.15) is 0 Å². The van der Waals surface area contributed by atoms with E-state index in [0.29, 0.717) is 29.8 Å². The Morgan fingerprint density at radius 1 is 1.06 bits per heavy atom. The highest BCUT2D eigenvalue weighted by Crippen LogP contribution is 2.27. The first-order valence-corrected chi connectivity index (χ1v) is 11.5. The van der Waals surface area contributed by atoms with Crippen molar-refractivity contribution in [3.05, 3.63) is 64.7 Å². The van der Waals surface area contributed by atoms with Crippen LogP contribution in [0.15, 0.2) is 53.6 Å². The SMILES string of the molecule is COc1cc(CCC2CCN(C(=O)CCn3cnc4ccccc4c3=O)CC2)cc(OC)c1. The van der Waals surface area contributed by atoms with Crippen molar-refractivity contribution in [1.29, 1.82) is 0 Å². The normalized spacial score (nSPS) is 14.4. The second-order valence-corrected chi connectivity index (χ2v) is 8.59. The number of likely N-dealkylation sites (tertiary alicyclic amines) is 1. The van der Waals surface area contributed by atoms with E-state index < -0.39 is 0 Å². The number of rotatable bonds is 8. The fourth-order valence-corrected chi connectivity index (χ4v) is 4.49. The molecule has 0 spiro atoms. The van der Waals surface area contributed by atoms with Crippen LogP contribution in [0.5, 0.6) is 11.5 Å². The lowest BCUT2D eigenvalue weighted by Crippen LogP contribution is -2.39. The molecule has 7 nitrogen and oxygen atoms in total. The number of aromatic nitrogens is 2. The first-order valence-electron chi connectivity index (χ1n) is 11.5. The molecule has 0 radical (unpaired) electrons. The maximum Gasteiger partial charge on any atom is 0.261 e. The fraction of sp³-hybridized carbons (Fsp3) is 0.423. The number of hydrogen-bond acceptors (Lipinski definition) is 5. The van der Waals surface area contributed by atoms with Gasteiger partial charge in [-0.3, -0.25) is 14.2 Å². The molecule has 7 heteroatoms. The van der Waals surface area contributed by atoms with Crippen LogP contribution in [0, 0.1) is 5.92 Å². The van der Waals surface area contributed by atoms with Crippen molar-refractivity contribution in [2.24, 2.45) is 5.92 Å². The lowest BCUT2D eigenvalue weighted by molar-refractivity contribution is -0.132. The number of para-hydroxylation sites is 1. The number of hydrogen-bond donors (Lipinski definition) is 0. The summed E-state index contributed by atoms with van der Waals surface area (Å²) in [4.78, 5) is 31.6. The number of carbonyl (C=O) groups excluding carboxylic acids is 1. The van der Waals surface area contributed by atoms with E-state index in [-0.39, 0.29) is 11.5 Å². The van der Waals surface area contributed by atoms with Gasteiger partial charge in [0.2, 0.25) is 5.91 Å². The first kappa shape index (κ1) is 22.8. The largest absolute Gasteiger partial charge is 0.497 e. The molecule has 174 valence electrons. The van der Waals surface area contributed by atoms with Crippen LogP contribution in [-0.4, -0.2) is 47.7 Å². The van der Waals surface area contributed by atoms with E-state index in [0.717, 1.165) is 50.3 Å². The summed E-state index contributed by atoms with van der Waals surface area (Å²) in [5.74, 6) is 2.32. The number of benzene rings is 2. The zero-order valence-electron chi connectivity index (χ0n) is 19.3. The molecule has 0 bridgehead atoms. The number of piperidine rings is 1. The number of aryl methyl sites for hydroxylation is 2. The maximum absolute atomic E-state index is 12.7. The summed E-state index contributed by atoms with van der Waals surface area (Å²) < 4.78 is 12.3. The average molecular weight is 450 g/mol. The summed E-state index contributed by atoms with van der Waals surface area (Å²) in [6.45, 7) is 1.90. The molecular weight excluding hydrogens is 418 g/mol. The van der Waals surface area contributed by atoms with Crippen molar-refractivity contribution in [1.82, 2.24) is 14.5 Å². The maximum atomic E-state index is 12.7. The Balaban J connectivity index is 1.26. The van der Waals surface area contributed by atoms with E-state index in [1.165, 1.54) is 16.5 Å². The van der Waals surface area contributed by atoms with Crippen LogP contribution in [0.1, 0.15) is 31.2 Å². The molecule has 0 atom stereocenters. The molecule has 1 aliphatic heterocycles. The summed E-state index contributed by atoms with van der Waals surface area (Å²) in [5, 5.41) is 0.585. The molecule has 2 aromatic carbocycles. The number of ether oxygens (including phenoxy) is 2. The van der Waals surface area contributed by atoms with Crippen molar-refractivity contribution < 1.29 is 14.3 Å². The number of carbonyl (C=O) groups is 1. The van der Waals surface area contributed by atoms with E-state index in [2.05, 4.69) is 17.1 Å². The van der Waals surface area contributed by atoms with Crippen LogP contribution in [0.4, 0.5) is 0 Å². The lowest BCUT2D eigenvalue weighted by atomic mass is 9.90. The Morgan fingerprint density at radius 3 is 2.45 bits per heavy atom. The molecule has 1 saturated heterocycles. The van der Waals surface area contributed by atoms with Gasteiger partial charge < -0.3 is 14.4 Å². The van der Waals surface area contributed by atoms with E-state index in [4.69, 9.17) is 9.47 Å². The van der Waals surface area contributed by atoms with Gasteiger partial charge in [0.15, 0.2) is 0 Å². The summed E-state index contributed by atoms with van der Waals surface area (Å²) in [6.07, 6.45) is 5.90. The van der Waals surface area contributed by atoms with Gasteiger partial charge in [0.25, 0.3) is 5.56 Å². The van der Waals surface area contributed by atoms with Gasteiger partial charge in [0.1, 0.15) is 11.5 Å². The van der Waals surface area contributed by atoms with Gasteiger partial charge in [-0.05, 0) is 61.4 Å². The van der Waals surface area contributed by atoms with Crippen molar-refractivity contribution in [3.8, 4) is 11.5 Å². The van der Waals surface area contributed by atoms with Crippen LogP contribution >= 0.6 is 0 Å². The zero-order valence-corrected chi connectivity index (χ0v) is 19.3. The highest BCUT2D eigenvalue weighted by molar-refractivity contribution is 5.77. The quantitative estimate of drug-likeness (QED) is 0.525. The Hall–Kier alpha value is -3.35. The van der Waals surface area contributed by atoms with E-state index in [1.807, 2.05) is 29.2 Å². The third kappa shape index (κ3) is 5.53. The average Bonchev–Trinajstić information content (AvgIpc) is 2.87. The number of nitrogens with zero attached hydrogens (tertiary/aromatic N) is 3. The van der Waals surface area contributed by atoms with Crippen LogP contribution in [0.25, 0.3) is 10.9 Å². The van der Waals surface area contributed by atoms with Crippen molar-refractivity contribution in [2.75, 3.05) is 27.3 Å². The molecule has 0 N–H and O–H groups in total. The molecule has 1 fully saturated rings. The lowest BCUT2D eigenvalue weighted by Gasteiger charge is -2.32. The molecule has 0 saturated carbocycles. The van der Waals surface area contributed by atoms with Crippen LogP contribution in [0.3, 0.4) is 0 Å². The number of fused-ring (bicyclic) bond motifs is 1. The molecule has 4 rings (SSSR count). The molecule has 2 heterocycles.